The Morgan fingerprint density at radius 3 is 3.00 bits per heavy atom. The fraction of sp³-hybridized carbons (Fsp3) is 0.308. The lowest BCUT2D eigenvalue weighted by atomic mass is 10.1. The summed E-state index contributed by atoms with van der Waals surface area (Å²) in [5.41, 5.74) is 1.30. The number of aliphatic hydroxyl groups excluding tert-OH is 1. The van der Waals surface area contributed by atoms with E-state index in [4.69, 9.17) is 11.6 Å². The van der Waals surface area contributed by atoms with Gasteiger partial charge in [-0.25, -0.2) is 9.37 Å². The molecule has 0 bridgehead atoms. The monoisotopic (exact) mass is 268 g/mol. The first-order chi connectivity index (χ1) is 8.61. The van der Waals surface area contributed by atoms with Crippen molar-refractivity contribution in [1.82, 2.24) is 9.55 Å². The van der Waals surface area contributed by atoms with Gasteiger partial charge in [0.15, 0.2) is 0 Å². The van der Waals surface area contributed by atoms with Crippen molar-refractivity contribution in [3.63, 3.8) is 0 Å². The van der Waals surface area contributed by atoms with Gasteiger partial charge in [0, 0.05) is 18.0 Å². The van der Waals surface area contributed by atoms with Crippen LogP contribution >= 0.6 is 11.6 Å². The summed E-state index contributed by atoms with van der Waals surface area (Å²) in [7, 11) is 0. The number of benzene rings is 1. The van der Waals surface area contributed by atoms with Gasteiger partial charge in [0.1, 0.15) is 5.82 Å². The molecule has 1 atom stereocenters. The van der Waals surface area contributed by atoms with Crippen LogP contribution in [0.15, 0.2) is 30.7 Å². The smallest absolute Gasteiger partial charge is 0.123 e. The van der Waals surface area contributed by atoms with Gasteiger partial charge in [-0.1, -0.05) is 11.6 Å². The Labute approximate surface area is 110 Å². The van der Waals surface area contributed by atoms with Crippen LogP contribution in [0.3, 0.4) is 0 Å². The van der Waals surface area contributed by atoms with Gasteiger partial charge < -0.3 is 9.67 Å². The zero-order valence-corrected chi connectivity index (χ0v) is 10.7. The van der Waals surface area contributed by atoms with Crippen molar-refractivity contribution < 1.29 is 9.50 Å². The lowest BCUT2D eigenvalue weighted by molar-refractivity contribution is 0.169. The van der Waals surface area contributed by atoms with Gasteiger partial charge in [-0.05, 0) is 30.7 Å². The number of hydrogen-bond donors (Lipinski definition) is 1. The van der Waals surface area contributed by atoms with E-state index < -0.39 is 6.10 Å². The summed E-state index contributed by atoms with van der Waals surface area (Å²) in [5.74, 6) is -0.356. The lowest BCUT2D eigenvalue weighted by Gasteiger charge is -2.13. The first-order valence-corrected chi connectivity index (χ1v) is 6.11. The summed E-state index contributed by atoms with van der Waals surface area (Å²) < 4.78 is 15.0. The minimum atomic E-state index is -0.744. The molecular formula is C13H14ClFN2O. The summed E-state index contributed by atoms with van der Waals surface area (Å²) in [4.78, 5) is 3.99. The third-order valence-electron chi connectivity index (χ3n) is 2.85. The van der Waals surface area contributed by atoms with E-state index in [2.05, 4.69) is 4.98 Å². The lowest BCUT2D eigenvalue weighted by Crippen LogP contribution is -2.08. The summed E-state index contributed by atoms with van der Waals surface area (Å²) in [6, 6.07) is 4.14. The molecule has 0 aliphatic carbocycles. The van der Waals surface area contributed by atoms with Crippen molar-refractivity contribution in [2.75, 3.05) is 0 Å². The van der Waals surface area contributed by atoms with Gasteiger partial charge in [-0.3, -0.25) is 0 Å². The number of halogens is 2. The van der Waals surface area contributed by atoms with Crippen LogP contribution in [0.5, 0.6) is 0 Å². The van der Waals surface area contributed by atoms with Crippen molar-refractivity contribution in [2.24, 2.45) is 0 Å². The first-order valence-electron chi connectivity index (χ1n) is 5.73. The van der Waals surface area contributed by atoms with E-state index in [0.717, 1.165) is 6.54 Å². The van der Waals surface area contributed by atoms with Crippen LogP contribution in [0.25, 0.3) is 0 Å². The molecule has 1 aromatic heterocycles. The maximum Gasteiger partial charge on any atom is 0.123 e. The number of rotatable bonds is 4. The molecule has 0 fully saturated rings. The molecule has 0 spiro atoms. The third kappa shape index (κ3) is 2.71. The molecule has 0 aliphatic rings. The molecule has 3 nitrogen and oxygen atoms in total. The number of aliphatic hydroxyl groups is 1. The topological polar surface area (TPSA) is 38.0 Å². The summed E-state index contributed by atoms with van der Waals surface area (Å²) in [5, 5.41) is 10.6. The molecule has 0 amide bonds. The predicted molar refractivity (Wildman–Crippen MR) is 68.0 cm³/mol. The Bertz CT molecular complexity index is 542. The van der Waals surface area contributed by atoms with Gasteiger partial charge in [0.2, 0.25) is 0 Å². The van der Waals surface area contributed by atoms with Crippen LogP contribution in [0.2, 0.25) is 5.02 Å². The Hall–Kier alpha value is -1.39. The van der Waals surface area contributed by atoms with E-state index >= 15 is 0 Å². The molecule has 1 N–H and O–H groups in total. The van der Waals surface area contributed by atoms with Gasteiger partial charge in [-0.15, -0.1) is 0 Å². The number of aryl methyl sites for hydroxylation is 1. The zero-order valence-electron chi connectivity index (χ0n) is 9.98. The second kappa shape index (κ2) is 5.50. The maximum absolute atomic E-state index is 13.1. The van der Waals surface area contributed by atoms with E-state index in [-0.39, 0.29) is 12.2 Å². The highest BCUT2D eigenvalue weighted by molar-refractivity contribution is 6.31. The molecule has 2 rings (SSSR count). The van der Waals surface area contributed by atoms with E-state index in [1.807, 2.05) is 11.5 Å². The average molecular weight is 269 g/mol. The van der Waals surface area contributed by atoms with Crippen LogP contribution in [0, 0.1) is 5.82 Å². The first kappa shape index (κ1) is 13.1. The molecule has 18 heavy (non-hydrogen) atoms. The van der Waals surface area contributed by atoms with Gasteiger partial charge in [0.25, 0.3) is 0 Å². The standard InChI is InChI=1S/C13H14ClFN2O/c1-2-17-8-16-7-12(17)13(18)6-9-5-10(15)3-4-11(9)14/h3-5,7-8,13,18H,2,6H2,1H3. The summed E-state index contributed by atoms with van der Waals surface area (Å²) in [6.45, 7) is 2.69. The van der Waals surface area contributed by atoms with Crippen LogP contribution in [-0.2, 0) is 13.0 Å². The molecule has 96 valence electrons. The Kier molecular flexibility index (Phi) is 3.99. The quantitative estimate of drug-likeness (QED) is 0.926. The molecule has 0 aliphatic heterocycles. The van der Waals surface area contributed by atoms with Crippen LogP contribution in [0.1, 0.15) is 24.3 Å². The van der Waals surface area contributed by atoms with Gasteiger partial charge in [-0.2, -0.15) is 0 Å². The normalized spacial score (nSPS) is 12.7. The molecule has 0 saturated carbocycles. The number of aromatic nitrogens is 2. The molecule has 5 heteroatoms. The van der Waals surface area contributed by atoms with Crippen molar-refractivity contribution in [1.29, 1.82) is 0 Å². The van der Waals surface area contributed by atoms with Crippen molar-refractivity contribution in [2.45, 2.75) is 26.0 Å². The fourth-order valence-corrected chi connectivity index (χ4v) is 2.08. The summed E-state index contributed by atoms with van der Waals surface area (Å²) in [6.07, 6.45) is 2.79. The second-order valence-electron chi connectivity index (χ2n) is 4.06. The predicted octanol–water partition coefficient (Wildman–Crippen LogP) is 2.97. The van der Waals surface area contributed by atoms with E-state index in [1.54, 1.807) is 12.5 Å². The summed E-state index contributed by atoms with van der Waals surface area (Å²) >= 11 is 5.98. The molecule has 1 aromatic carbocycles. The molecular weight excluding hydrogens is 255 g/mol. The fourth-order valence-electron chi connectivity index (χ4n) is 1.89. The highest BCUT2D eigenvalue weighted by Gasteiger charge is 2.15. The Morgan fingerprint density at radius 2 is 2.28 bits per heavy atom. The minimum absolute atomic E-state index is 0.266. The van der Waals surface area contributed by atoms with Crippen molar-refractivity contribution in [3.05, 3.63) is 52.8 Å². The molecule has 1 heterocycles. The molecule has 2 aromatic rings. The van der Waals surface area contributed by atoms with Crippen LogP contribution in [0.4, 0.5) is 4.39 Å². The van der Waals surface area contributed by atoms with Crippen LogP contribution < -0.4 is 0 Å². The zero-order chi connectivity index (χ0) is 13.1. The van der Waals surface area contributed by atoms with Crippen molar-refractivity contribution >= 4 is 11.6 Å². The van der Waals surface area contributed by atoms with Gasteiger partial charge in [0.05, 0.1) is 24.3 Å². The highest BCUT2D eigenvalue weighted by Crippen LogP contribution is 2.24. The Balaban J connectivity index is 2.21. The highest BCUT2D eigenvalue weighted by atomic mass is 35.5. The second-order valence-corrected chi connectivity index (χ2v) is 4.47. The average Bonchev–Trinajstić information content (AvgIpc) is 2.82. The van der Waals surface area contributed by atoms with E-state index in [9.17, 15) is 9.50 Å². The SMILES string of the molecule is CCn1cncc1C(O)Cc1cc(F)ccc1Cl. The molecule has 1 unspecified atom stereocenters. The van der Waals surface area contributed by atoms with Crippen LogP contribution in [-0.4, -0.2) is 14.7 Å². The largest absolute Gasteiger partial charge is 0.386 e. The maximum atomic E-state index is 13.1. The number of hydrogen-bond acceptors (Lipinski definition) is 2. The van der Waals surface area contributed by atoms with E-state index in [1.165, 1.54) is 18.2 Å². The van der Waals surface area contributed by atoms with Crippen molar-refractivity contribution in [3.8, 4) is 0 Å². The van der Waals surface area contributed by atoms with E-state index in [0.29, 0.717) is 16.3 Å². The minimum Gasteiger partial charge on any atom is -0.386 e. The third-order valence-corrected chi connectivity index (χ3v) is 3.22. The van der Waals surface area contributed by atoms with Gasteiger partial charge >= 0.3 is 0 Å². The number of nitrogens with zero attached hydrogens (tertiary/aromatic N) is 2. The Morgan fingerprint density at radius 1 is 1.50 bits per heavy atom. The molecule has 0 radical (unpaired) electrons. The number of imidazole rings is 1. The molecule has 0 saturated heterocycles.